The summed E-state index contributed by atoms with van der Waals surface area (Å²) < 4.78 is 0. The molecule has 0 heterocycles. The quantitative estimate of drug-likeness (QED) is 0.143. The second-order valence-corrected chi connectivity index (χ2v) is 18.0. The van der Waals surface area contributed by atoms with Crippen molar-refractivity contribution in [3.05, 3.63) is 168 Å². The Morgan fingerprint density at radius 1 is 0.418 bits per heavy atom. The van der Waals surface area contributed by atoms with Gasteiger partial charge in [0.1, 0.15) is 0 Å². The Morgan fingerprint density at radius 2 is 0.673 bits per heavy atom. The molecule has 0 radical (unpaired) electrons. The van der Waals surface area contributed by atoms with Crippen molar-refractivity contribution in [2.45, 2.75) is 65.2 Å². The van der Waals surface area contributed by atoms with Gasteiger partial charge in [-0.2, -0.15) is 0 Å². The standard InChI is InChI=1S/C44H40P2.2C2H4O2.Ru/c1-5-19-35(20-6-1)45(36-21-7-2-8-22-36)41-31-29-33-17-13-15-27-39(33)43(41)44-40-28-16-14-18-34(40)30-32-42(44)46(37-23-9-3-10-24-37)38-25-11-4-12-26-38;2*1-2(3)4;/h1-12,19-26,29-32H,13-18,27-28H2;2*1H3,(H,3,4);/q;;;+2/p-2. The van der Waals surface area contributed by atoms with E-state index in [1.807, 2.05) is 0 Å². The third-order valence-electron chi connectivity index (χ3n) is 9.81. The van der Waals surface area contributed by atoms with Gasteiger partial charge in [0.05, 0.1) is 0 Å². The summed E-state index contributed by atoms with van der Waals surface area (Å²) in [6, 6.07) is 55.5. The van der Waals surface area contributed by atoms with Crippen LogP contribution in [-0.4, -0.2) is 11.9 Å². The van der Waals surface area contributed by atoms with Crippen molar-refractivity contribution in [2.75, 3.05) is 0 Å². The number of carbonyl (C=O) groups excluding carboxylic acids is 2. The average Bonchev–Trinajstić information content (AvgIpc) is 3.19. The van der Waals surface area contributed by atoms with Crippen molar-refractivity contribution in [3.8, 4) is 11.1 Å². The molecule has 0 amide bonds. The van der Waals surface area contributed by atoms with Crippen LogP contribution in [0, 0.1) is 0 Å². The first-order valence-corrected chi connectivity index (χ1v) is 21.5. The van der Waals surface area contributed by atoms with Gasteiger partial charge in [-0.25, -0.2) is 0 Å². The molecule has 0 aliphatic heterocycles. The Labute approximate surface area is 341 Å². The molecule has 0 bridgehead atoms. The molecule has 280 valence electrons. The molecule has 2 aliphatic rings. The minimum Gasteiger partial charge on any atom is -0.550 e. The third kappa shape index (κ3) is 10.5. The zero-order valence-corrected chi connectivity index (χ0v) is 34.9. The molecule has 7 heteroatoms. The van der Waals surface area contributed by atoms with E-state index in [9.17, 15) is 0 Å². The van der Waals surface area contributed by atoms with Crippen molar-refractivity contribution in [2.24, 2.45) is 0 Å². The van der Waals surface area contributed by atoms with Gasteiger partial charge in [0.25, 0.3) is 0 Å². The number of fused-ring (bicyclic) bond motifs is 2. The summed E-state index contributed by atoms with van der Waals surface area (Å²) >= 11 is 0. The van der Waals surface area contributed by atoms with Crippen LogP contribution in [0.2, 0.25) is 0 Å². The van der Waals surface area contributed by atoms with Crippen LogP contribution in [0.5, 0.6) is 0 Å². The molecule has 0 unspecified atom stereocenters. The molecule has 2 aliphatic carbocycles. The van der Waals surface area contributed by atoms with Gasteiger partial charge in [-0.1, -0.05) is 146 Å². The van der Waals surface area contributed by atoms with Crippen LogP contribution in [-0.2, 0) is 54.8 Å². The number of rotatable bonds is 7. The van der Waals surface area contributed by atoms with Crippen molar-refractivity contribution in [1.82, 2.24) is 0 Å². The predicted molar refractivity (Wildman–Crippen MR) is 224 cm³/mol. The number of hydrogen-bond donors (Lipinski definition) is 0. The third-order valence-corrected chi connectivity index (χ3v) is 14.8. The maximum Gasteiger partial charge on any atom is 2.00 e. The zero-order chi connectivity index (χ0) is 37.9. The predicted octanol–water partition coefficient (Wildman–Crippen LogP) is 6.14. The number of benzene rings is 6. The van der Waals surface area contributed by atoms with Gasteiger partial charge in [-0.15, -0.1) is 0 Å². The van der Waals surface area contributed by atoms with Crippen LogP contribution < -0.4 is 42.0 Å². The number of carbonyl (C=O) groups is 2. The smallest absolute Gasteiger partial charge is 0.550 e. The number of aryl methyl sites for hydroxylation is 2. The van der Waals surface area contributed by atoms with E-state index in [-0.39, 0.29) is 19.5 Å². The summed E-state index contributed by atoms with van der Waals surface area (Å²) in [5, 5.41) is 26.6. The molecule has 6 aromatic carbocycles. The average molecular weight is 850 g/mol. The summed E-state index contributed by atoms with van der Waals surface area (Å²) in [6.45, 7) is 1.94. The number of aliphatic carboxylic acids is 2. The fraction of sp³-hybridized carbons (Fsp3) is 0.208. The molecule has 0 saturated heterocycles. The normalized spacial score (nSPS) is 12.8. The summed E-state index contributed by atoms with van der Waals surface area (Å²) in [7, 11) is -1.50. The molecule has 0 spiro atoms. The molecule has 4 nitrogen and oxygen atoms in total. The Balaban J connectivity index is 0.000000591. The number of hydrogen-bond acceptors (Lipinski definition) is 4. The van der Waals surface area contributed by atoms with Crippen LogP contribution in [0.1, 0.15) is 61.8 Å². The zero-order valence-electron chi connectivity index (χ0n) is 31.4. The summed E-state index contributed by atoms with van der Waals surface area (Å²) in [5.41, 5.74) is 9.54. The summed E-state index contributed by atoms with van der Waals surface area (Å²) in [6.07, 6.45) is 9.84. The van der Waals surface area contributed by atoms with Crippen molar-refractivity contribution < 1.29 is 39.3 Å². The molecule has 8 rings (SSSR count). The fourth-order valence-electron chi connectivity index (χ4n) is 7.72. The second-order valence-electron chi connectivity index (χ2n) is 13.6. The van der Waals surface area contributed by atoms with Gasteiger partial charge >= 0.3 is 19.5 Å². The molecule has 0 fully saturated rings. The Bertz CT molecular complexity index is 1920. The maximum atomic E-state index is 8.89. The molecular formula is C48H46O4P2Ru. The van der Waals surface area contributed by atoms with Gasteiger partial charge in [0, 0.05) is 11.9 Å². The van der Waals surface area contributed by atoms with E-state index in [4.69, 9.17) is 19.8 Å². The van der Waals surface area contributed by atoms with Gasteiger partial charge in [-0.05, 0) is 146 Å². The molecule has 0 N–H and O–H groups in total. The largest absolute Gasteiger partial charge is 2.00 e. The van der Waals surface area contributed by atoms with Crippen molar-refractivity contribution in [3.63, 3.8) is 0 Å². The van der Waals surface area contributed by atoms with E-state index in [1.165, 1.54) is 83.2 Å². The van der Waals surface area contributed by atoms with Crippen LogP contribution in [0.3, 0.4) is 0 Å². The Kier molecular flexibility index (Phi) is 15.7. The number of carboxylic acids is 2. The molecule has 0 saturated carbocycles. The van der Waals surface area contributed by atoms with E-state index < -0.39 is 27.8 Å². The first-order valence-electron chi connectivity index (χ1n) is 18.8. The Morgan fingerprint density at radius 3 is 0.945 bits per heavy atom. The molecular weight excluding hydrogens is 804 g/mol. The van der Waals surface area contributed by atoms with Gasteiger partial charge in [0.2, 0.25) is 0 Å². The molecule has 6 aromatic rings. The monoisotopic (exact) mass is 850 g/mol. The van der Waals surface area contributed by atoms with Crippen LogP contribution in [0.25, 0.3) is 11.1 Å². The van der Waals surface area contributed by atoms with Gasteiger partial charge in [-0.3, -0.25) is 0 Å². The van der Waals surface area contributed by atoms with E-state index in [0.29, 0.717) is 0 Å². The molecule has 55 heavy (non-hydrogen) atoms. The van der Waals surface area contributed by atoms with E-state index in [0.717, 1.165) is 13.8 Å². The fourth-order valence-corrected chi connectivity index (χ4v) is 12.7. The van der Waals surface area contributed by atoms with E-state index >= 15 is 0 Å². The van der Waals surface area contributed by atoms with Crippen molar-refractivity contribution >= 4 is 59.6 Å². The van der Waals surface area contributed by atoms with Crippen molar-refractivity contribution in [1.29, 1.82) is 0 Å². The SMILES string of the molecule is CC(=O)[O-].CC(=O)[O-].[Ru+2].c1ccc(P(c2ccccc2)c2ccc3c(c2-c2c(P(c4ccccc4)c4ccccc4)ccc4c2CCCC4)CCCC3)cc1. The van der Waals surface area contributed by atoms with E-state index in [2.05, 4.69) is 146 Å². The van der Waals surface area contributed by atoms with Gasteiger partial charge in [0.15, 0.2) is 0 Å². The maximum absolute atomic E-state index is 8.89. The van der Waals surface area contributed by atoms with Crippen LogP contribution in [0.4, 0.5) is 0 Å². The topological polar surface area (TPSA) is 80.3 Å². The minimum absolute atomic E-state index is 0. The van der Waals surface area contributed by atoms with Crippen LogP contribution >= 0.6 is 15.8 Å². The number of carboxylic acid groups (broad SMARTS) is 2. The molecule has 0 atom stereocenters. The second kappa shape index (κ2) is 20.6. The Hall–Kier alpha value is -4.26. The minimum atomic E-state index is -1.08. The first-order chi connectivity index (χ1) is 26.3. The van der Waals surface area contributed by atoms with Crippen LogP contribution in [0.15, 0.2) is 146 Å². The molecule has 0 aromatic heterocycles. The first kappa shape index (κ1) is 41.9. The summed E-state index contributed by atoms with van der Waals surface area (Å²) in [5.74, 6) is -2.17. The summed E-state index contributed by atoms with van der Waals surface area (Å²) in [4.78, 5) is 17.8. The van der Waals surface area contributed by atoms with E-state index in [1.54, 1.807) is 33.4 Å². The van der Waals surface area contributed by atoms with Gasteiger partial charge < -0.3 is 19.8 Å².